The molecule has 0 saturated heterocycles. The molecule has 2 aliphatic carbocycles. The van der Waals surface area contributed by atoms with E-state index in [2.05, 4.69) is 38.7 Å². The van der Waals surface area contributed by atoms with Crippen LogP contribution in [0.25, 0.3) is 11.0 Å². The maximum atomic E-state index is 6.14. The highest BCUT2D eigenvalue weighted by atomic mass is 79.9. The smallest absolute Gasteiger partial charge is 0.125 e. The summed E-state index contributed by atoms with van der Waals surface area (Å²) in [5.74, 6) is 3.26. The van der Waals surface area contributed by atoms with E-state index in [-0.39, 0.29) is 0 Å². The number of hydrogen-bond donors (Lipinski definition) is 0. The lowest BCUT2D eigenvalue weighted by Gasteiger charge is -2.21. The van der Waals surface area contributed by atoms with E-state index in [1.165, 1.54) is 31.2 Å². The van der Waals surface area contributed by atoms with Crippen LogP contribution in [-0.4, -0.2) is 9.55 Å². The fourth-order valence-electron chi connectivity index (χ4n) is 3.23. The molecule has 2 aliphatic rings. The van der Waals surface area contributed by atoms with Crippen LogP contribution >= 0.6 is 27.5 Å². The summed E-state index contributed by atoms with van der Waals surface area (Å²) in [5, 5.41) is 0. The molecule has 100 valence electrons. The zero-order valence-corrected chi connectivity index (χ0v) is 13.0. The van der Waals surface area contributed by atoms with E-state index < -0.39 is 0 Å². The molecular formula is C15H16BrClN2. The van der Waals surface area contributed by atoms with Crippen LogP contribution < -0.4 is 0 Å². The van der Waals surface area contributed by atoms with Crippen molar-refractivity contribution in [3.63, 3.8) is 0 Å². The number of nitrogens with zero attached hydrogens (tertiary/aromatic N) is 2. The van der Waals surface area contributed by atoms with Gasteiger partial charge in [0.1, 0.15) is 5.82 Å². The molecule has 1 aromatic heterocycles. The minimum atomic E-state index is 0.502. The summed E-state index contributed by atoms with van der Waals surface area (Å²) >= 11 is 9.67. The molecule has 0 bridgehead atoms. The molecule has 2 saturated carbocycles. The average Bonchev–Trinajstić information content (AvgIpc) is 3.28. The minimum Gasteiger partial charge on any atom is -0.323 e. The molecule has 4 rings (SSSR count). The molecule has 0 spiro atoms. The first-order chi connectivity index (χ1) is 9.28. The standard InChI is InChI=1S/C15H16BrClN2/c16-11-5-6-13-12(7-11)18-14(8-17)19(13)15(9-1-2-9)10-3-4-10/h5-7,9-10,15H,1-4,8H2. The fraction of sp³-hybridized carbons (Fsp3) is 0.533. The second-order valence-electron chi connectivity index (χ2n) is 5.83. The molecule has 0 unspecified atom stereocenters. The summed E-state index contributed by atoms with van der Waals surface area (Å²) in [6.07, 6.45) is 5.50. The number of alkyl halides is 1. The van der Waals surface area contributed by atoms with Gasteiger partial charge in [-0.25, -0.2) is 4.98 Å². The molecule has 2 nitrogen and oxygen atoms in total. The van der Waals surface area contributed by atoms with Gasteiger partial charge in [0.2, 0.25) is 0 Å². The monoisotopic (exact) mass is 338 g/mol. The van der Waals surface area contributed by atoms with Crippen molar-refractivity contribution in [1.29, 1.82) is 0 Å². The highest BCUT2D eigenvalue weighted by molar-refractivity contribution is 9.10. The Morgan fingerprint density at radius 3 is 2.53 bits per heavy atom. The van der Waals surface area contributed by atoms with Crippen molar-refractivity contribution in [3.8, 4) is 0 Å². The Hall–Kier alpha value is -0.540. The molecule has 0 aliphatic heterocycles. The van der Waals surface area contributed by atoms with Crippen molar-refractivity contribution in [2.75, 3.05) is 0 Å². The predicted molar refractivity (Wildman–Crippen MR) is 81.5 cm³/mol. The number of hydrogen-bond acceptors (Lipinski definition) is 1. The maximum absolute atomic E-state index is 6.14. The first kappa shape index (κ1) is 12.2. The number of benzene rings is 1. The van der Waals surface area contributed by atoms with Crippen LogP contribution in [0.4, 0.5) is 0 Å². The Bertz CT molecular complexity index is 616. The SMILES string of the molecule is ClCc1nc2cc(Br)ccc2n1C(C1CC1)C1CC1. The van der Waals surface area contributed by atoms with Gasteiger partial charge in [-0.1, -0.05) is 15.9 Å². The Morgan fingerprint density at radius 2 is 1.95 bits per heavy atom. The number of imidazole rings is 1. The van der Waals surface area contributed by atoms with Gasteiger partial charge in [-0.2, -0.15) is 0 Å². The molecule has 0 N–H and O–H groups in total. The Labute approximate surface area is 126 Å². The van der Waals surface area contributed by atoms with Gasteiger partial charge in [-0.05, 0) is 55.7 Å². The first-order valence-corrected chi connectivity index (χ1v) is 8.33. The van der Waals surface area contributed by atoms with Gasteiger partial charge in [-0.3, -0.25) is 0 Å². The van der Waals surface area contributed by atoms with Gasteiger partial charge in [0.15, 0.2) is 0 Å². The summed E-state index contributed by atoms with van der Waals surface area (Å²) in [4.78, 5) is 4.73. The van der Waals surface area contributed by atoms with Crippen LogP contribution in [0.3, 0.4) is 0 Å². The van der Waals surface area contributed by atoms with Crippen molar-refractivity contribution in [1.82, 2.24) is 9.55 Å². The average molecular weight is 340 g/mol. The third-order valence-corrected chi connectivity index (χ3v) is 5.08. The largest absolute Gasteiger partial charge is 0.323 e. The van der Waals surface area contributed by atoms with Crippen LogP contribution in [0.2, 0.25) is 0 Å². The van der Waals surface area contributed by atoms with E-state index in [0.29, 0.717) is 11.9 Å². The van der Waals surface area contributed by atoms with Crippen LogP contribution in [0.5, 0.6) is 0 Å². The summed E-state index contributed by atoms with van der Waals surface area (Å²) in [6.45, 7) is 0. The van der Waals surface area contributed by atoms with E-state index >= 15 is 0 Å². The number of aromatic nitrogens is 2. The Kier molecular flexibility index (Phi) is 2.89. The quantitative estimate of drug-likeness (QED) is 0.725. The van der Waals surface area contributed by atoms with Crippen LogP contribution in [0.1, 0.15) is 37.5 Å². The third kappa shape index (κ3) is 2.11. The van der Waals surface area contributed by atoms with Crippen LogP contribution in [0, 0.1) is 11.8 Å². The summed E-state index contributed by atoms with van der Waals surface area (Å²) in [5.41, 5.74) is 2.32. The molecule has 2 aromatic rings. The topological polar surface area (TPSA) is 17.8 Å². The number of fused-ring (bicyclic) bond motifs is 1. The van der Waals surface area contributed by atoms with Crippen molar-refractivity contribution >= 4 is 38.6 Å². The van der Waals surface area contributed by atoms with Crippen molar-refractivity contribution in [3.05, 3.63) is 28.5 Å². The van der Waals surface area contributed by atoms with Crippen molar-refractivity contribution in [2.45, 2.75) is 37.6 Å². The zero-order chi connectivity index (χ0) is 13.0. The van der Waals surface area contributed by atoms with E-state index in [1.807, 2.05) is 0 Å². The van der Waals surface area contributed by atoms with Gasteiger partial charge in [-0.15, -0.1) is 11.6 Å². The highest BCUT2D eigenvalue weighted by Crippen LogP contribution is 2.53. The molecule has 2 fully saturated rings. The van der Waals surface area contributed by atoms with Crippen LogP contribution in [0.15, 0.2) is 22.7 Å². The fourth-order valence-corrected chi connectivity index (χ4v) is 3.77. The van der Waals surface area contributed by atoms with Gasteiger partial charge in [0, 0.05) is 10.5 Å². The van der Waals surface area contributed by atoms with E-state index in [4.69, 9.17) is 16.6 Å². The lowest BCUT2D eigenvalue weighted by molar-refractivity contribution is 0.396. The second-order valence-corrected chi connectivity index (χ2v) is 7.01. The summed E-state index contributed by atoms with van der Waals surface area (Å²) in [6, 6.07) is 7.02. The number of halogens is 2. The Balaban J connectivity index is 1.90. The van der Waals surface area contributed by atoms with Gasteiger partial charge in [0.25, 0.3) is 0 Å². The lowest BCUT2D eigenvalue weighted by Crippen LogP contribution is -2.15. The van der Waals surface area contributed by atoms with Crippen molar-refractivity contribution < 1.29 is 0 Å². The molecule has 0 amide bonds. The molecule has 1 heterocycles. The predicted octanol–water partition coefficient (Wildman–Crippen LogP) is 4.90. The van der Waals surface area contributed by atoms with Gasteiger partial charge >= 0.3 is 0 Å². The highest BCUT2D eigenvalue weighted by Gasteiger charge is 2.43. The molecule has 19 heavy (non-hydrogen) atoms. The maximum Gasteiger partial charge on any atom is 0.125 e. The molecule has 1 aromatic carbocycles. The molecule has 0 radical (unpaired) electrons. The Morgan fingerprint density at radius 1 is 1.26 bits per heavy atom. The minimum absolute atomic E-state index is 0.502. The van der Waals surface area contributed by atoms with E-state index in [1.54, 1.807) is 0 Å². The van der Waals surface area contributed by atoms with Gasteiger partial charge < -0.3 is 4.57 Å². The number of rotatable bonds is 4. The van der Waals surface area contributed by atoms with Crippen LogP contribution in [-0.2, 0) is 5.88 Å². The first-order valence-electron chi connectivity index (χ1n) is 7.00. The molecule has 4 heteroatoms. The third-order valence-electron chi connectivity index (χ3n) is 4.35. The molecule has 0 atom stereocenters. The van der Waals surface area contributed by atoms with Crippen molar-refractivity contribution in [2.24, 2.45) is 11.8 Å². The summed E-state index contributed by atoms with van der Waals surface area (Å²) in [7, 11) is 0. The second kappa shape index (κ2) is 4.49. The summed E-state index contributed by atoms with van der Waals surface area (Å²) < 4.78 is 3.53. The normalized spacial score (nSPS) is 19.5. The lowest BCUT2D eigenvalue weighted by atomic mass is 10.1. The molecular weight excluding hydrogens is 324 g/mol. The zero-order valence-electron chi connectivity index (χ0n) is 10.6. The van der Waals surface area contributed by atoms with E-state index in [9.17, 15) is 0 Å². The van der Waals surface area contributed by atoms with Gasteiger partial charge in [0.05, 0.1) is 16.9 Å². The van der Waals surface area contributed by atoms with E-state index in [0.717, 1.165) is 27.6 Å².